The number of nitrogens with zero attached hydrogens (tertiary/aromatic N) is 6. The predicted molar refractivity (Wildman–Crippen MR) is 83.2 cm³/mol. The van der Waals surface area contributed by atoms with E-state index in [4.69, 9.17) is 0 Å². The van der Waals surface area contributed by atoms with E-state index in [1.165, 1.54) is 12.8 Å². The third kappa shape index (κ3) is 2.77. The predicted octanol–water partition coefficient (Wildman–Crippen LogP) is -0.151. The SMILES string of the molecule is Cn1ccnc1C(=O)N1CC(n2cc(C(=O)NCC3CC3)nn2)C1. The summed E-state index contributed by atoms with van der Waals surface area (Å²) in [6.45, 7) is 1.79. The summed E-state index contributed by atoms with van der Waals surface area (Å²) < 4.78 is 3.36. The van der Waals surface area contributed by atoms with Crippen LogP contribution in [0.15, 0.2) is 18.6 Å². The molecule has 2 fully saturated rings. The van der Waals surface area contributed by atoms with Crippen LogP contribution in [0.3, 0.4) is 0 Å². The van der Waals surface area contributed by atoms with E-state index in [1.54, 1.807) is 39.8 Å². The van der Waals surface area contributed by atoms with Crippen LogP contribution in [0.5, 0.6) is 0 Å². The minimum atomic E-state index is -0.187. The largest absolute Gasteiger partial charge is 0.350 e. The summed E-state index contributed by atoms with van der Waals surface area (Å²) in [5, 5.41) is 10.8. The van der Waals surface area contributed by atoms with Crippen LogP contribution in [0.25, 0.3) is 0 Å². The van der Waals surface area contributed by atoms with Crippen molar-refractivity contribution in [2.24, 2.45) is 13.0 Å². The Morgan fingerprint density at radius 2 is 2.12 bits per heavy atom. The topological polar surface area (TPSA) is 97.9 Å². The molecule has 2 aromatic rings. The van der Waals surface area contributed by atoms with Crippen LogP contribution in [0.2, 0.25) is 0 Å². The van der Waals surface area contributed by atoms with E-state index in [-0.39, 0.29) is 17.9 Å². The average Bonchev–Trinajstić information content (AvgIpc) is 3.05. The fourth-order valence-corrected chi connectivity index (χ4v) is 2.71. The fraction of sp³-hybridized carbons (Fsp3) is 0.533. The van der Waals surface area contributed by atoms with E-state index in [1.807, 2.05) is 0 Å². The molecule has 1 aliphatic carbocycles. The Bertz CT molecular complexity index is 770. The van der Waals surface area contributed by atoms with Crippen LogP contribution in [0, 0.1) is 5.92 Å². The number of rotatable bonds is 5. The quantitative estimate of drug-likeness (QED) is 0.822. The lowest BCUT2D eigenvalue weighted by Gasteiger charge is -2.38. The van der Waals surface area contributed by atoms with Crippen molar-refractivity contribution in [1.82, 2.24) is 34.8 Å². The minimum Gasteiger partial charge on any atom is -0.350 e. The van der Waals surface area contributed by atoms with Crippen LogP contribution < -0.4 is 5.32 Å². The van der Waals surface area contributed by atoms with Gasteiger partial charge in [-0.15, -0.1) is 5.10 Å². The van der Waals surface area contributed by atoms with Gasteiger partial charge in [0.1, 0.15) is 0 Å². The summed E-state index contributed by atoms with van der Waals surface area (Å²) in [4.78, 5) is 30.0. The lowest BCUT2D eigenvalue weighted by Crippen LogP contribution is -2.51. The summed E-state index contributed by atoms with van der Waals surface area (Å²) in [7, 11) is 1.79. The highest BCUT2D eigenvalue weighted by Gasteiger charge is 2.35. The van der Waals surface area contributed by atoms with Crippen LogP contribution in [-0.2, 0) is 7.05 Å². The van der Waals surface area contributed by atoms with Crippen molar-refractivity contribution in [3.05, 3.63) is 30.1 Å². The molecule has 2 aliphatic rings. The first-order chi connectivity index (χ1) is 11.6. The third-order valence-corrected chi connectivity index (χ3v) is 4.53. The summed E-state index contributed by atoms with van der Waals surface area (Å²) in [6, 6.07) is 0.0479. The molecule has 1 saturated carbocycles. The number of carbonyl (C=O) groups is 2. The molecule has 0 atom stereocenters. The van der Waals surface area contributed by atoms with Crippen molar-refractivity contribution in [2.45, 2.75) is 18.9 Å². The van der Waals surface area contributed by atoms with E-state index >= 15 is 0 Å². The van der Waals surface area contributed by atoms with Crippen molar-refractivity contribution in [3.63, 3.8) is 0 Å². The maximum atomic E-state index is 12.3. The zero-order valence-electron chi connectivity index (χ0n) is 13.4. The Kier molecular flexibility index (Phi) is 3.55. The summed E-state index contributed by atoms with van der Waals surface area (Å²) in [6.07, 6.45) is 7.38. The van der Waals surface area contributed by atoms with E-state index < -0.39 is 0 Å². The molecule has 4 rings (SSSR count). The Morgan fingerprint density at radius 3 is 2.79 bits per heavy atom. The number of aromatic nitrogens is 5. The van der Waals surface area contributed by atoms with Gasteiger partial charge in [-0.25, -0.2) is 9.67 Å². The van der Waals surface area contributed by atoms with Crippen LogP contribution in [-0.4, -0.2) is 60.9 Å². The highest BCUT2D eigenvalue weighted by Crippen LogP contribution is 2.27. The molecule has 0 unspecified atom stereocenters. The number of carbonyl (C=O) groups excluding carboxylic acids is 2. The van der Waals surface area contributed by atoms with Gasteiger partial charge in [0.05, 0.1) is 12.2 Å². The summed E-state index contributed by atoms with van der Waals surface area (Å²) in [5.74, 6) is 0.767. The van der Waals surface area contributed by atoms with Gasteiger partial charge in [-0.3, -0.25) is 9.59 Å². The molecule has 9 heteroatoms. The molecule has 126 valence electrons. The molecule has 0 aromatic carbocycles. The number of nitrogens with one attached hydrogen (secondary N) is 1. The average molecular weight is 329 g/mol. The molecule has 1 N–H and O–H groups in total. The van der Waals surface area contributed by atoms with Gasteiger partial charge in [0, 0.05) is 39.1 Å². The first kappa shape index (κ1) is 14.9. The number of imidazole rings is 1. The number of likely N-dealkylation sites (tertiary alicyclic amines) is 1. The summed E-state index contributed by atoms with van der Waals surface area (Å²) >= 11 is 0. The fourth-order valence-electron chi connectivity index (χ4n) is 2.71. The first-order valence-electron chi connectivity index (χ1n) is 8.08. The molecule has 2 amide bonds. The molecular weight excluding hydrogens is 310 g/mol. The minimum absolute atomic E-state index is 0.0479. The monoisotopic (exact) mass is 329 g/mol. The van der Waals surface area contributed by atoms with Gasteiger partial charge < -0.3 is 14.8 Å². The zero-order chi connectivity index (χ0) is 16.7. The van der Waals surface area contributed by atoms with Gasteiger partial charge in [0.25, 0.3) is 11.8 Å². The normalized spacial score (nSPS) is 17.6. The van der Waals surface area contributed by atoms with E-state index in [9.17, 15) is 9.59 Å². The van der Waals surface area contributed by atoms with E-state index in [0.717, 1.165) is 0 Å². The molecule has 3 heterocycles. The molecule has 0 bridgehead atoms. The van der Waals surface area contributed by atoms with Crippen molar-refractivity contribution >= 4 is 11.8 Å². The molecular formula is C15H19N7O2. The second kappa shape index (κ2) is 5.73. The highest BCUT2D eigenvalue weighted by molar-refractivity contribution is 5.92. The molecule has 2 aromatic heterocycles. The maximum absolute atomic E-state index is 12.3. The molecule has 24 heavy (non-hydrogen) atoms. The molecule has 0 spiro atoms. The van der Waals surface area contributed by atoms with Gasteiger partial charge >= 0.3 is 0 Å². The lowest BCUT2D eigenvalue weighted by molar-refractivity contribution is 0.0482. The van der Waals surface area contributed by atoms with Gasteiger partial charge in [-0.2, -0.15) is 0 Å². The Labute approximate surface area is 138 Å². The van der Waals surface area contributed by atoms with Gasteiger partial charge in [0.15, 0.2) is 11.5 Å². The number of aryl methyl sites for hydroxylation is 1. The van der Waals surface area contributed by atoms with E-state index in [2.05, 4.69) is 20.6 Å². The van der Waals surface area contributed by atoms with Gasteiger partial charge in [-0.05, 0) is 18.8 Å². The van der Waals surface area contributed by atoms with Crippen molar-refractivity contribution < 1.29 is 9.59 Å². The second-order valence-electron chi connectivity index (χ2n) is 6.46. The van der Waals surface area contributed by atoms with Crippen molar-refractivity contribution in [2.75, 3.05) is 19.6 Å². The highest BCUT2D eigenvalue weighted by atomic mass is 16.2. The number of hydrogen-bond acceptors (Lipinski definition) is 5. The first-order valence-corrected chi connectivity index (χ1v) is 8.08. The Hall–Kier alpha value is -2.71. The lowest BCUT2D eigenvalue weighted by atomic mass is 10.1. The van der Waals surface area contributed by atoms with Crippen molar-refractivity contribution in [1.29, 1.82) is 0 Å². The Balaban J connectivity index is 1.33. The number of amides is 2. The van der Waals surface area contributed by atoms with Crippen LogP contribution in [0.4, 0.5) is 0 Å². The van der Waals surface area contributed by atoms with Crippen molar-refractivity contribution in [3.8, 4) is 0 Å². The van der Waals surface area contributed by atoms with Crippen LogP contribution >= 0.6 is 0 Å². The second-order valence-corrected chi connectivity index (χ2v) is 6.46. The standard InChI is InChI=1S/C15H19N7O2/c1-20-5-4-16-13(20)15(24)21-7-11(8-21)22-9-12(18-19-22)14(23)17-6-10-2-3-10/h4-5,9-11H,2-3,6-8H2,1H3,(H,17,23). The zero-order valence-corrected chi connectivity index (χ0v) is 13.4. The van der Waals surface area contributed by atoms with Gasteiger partial charge in [-0.1, -0.05) is 5.21 Å². The Morgan fingerprint density at radius 1 is 1.33 bits per heavy atom. The molecule has 1 saturated heterocycles. The van der Waals surface area contributed by atoms with Crippen LogP contribution in [0.1, 0.15) is 40.0 Å². The third-order valence-electron chi connectivity index (χ3n) is 4.53. The molecule has 0 radical (unpaired) electrons. The number of hydrogen-bond donors (Lipinski definition) is 1. The maximum Gasteiger partial charge on any atom is 0.289 e. The van der Waals surface area contributed by atoms with Gasteiger partial charge in [0.2, 0.25) is 0 Å². The smallest absolute Gasteiger partial charge is 0.289 e. The summed E-state index contributed by atoms with van der Waals surface area (Å²) in [5.41, 5.74) is 0.324. The van der Waals surface area contributed by atoms with E-state index in [0.29, 0.717) is 37.1 Å². The molecule has 9 nitrogen and oxygen atoms in total. The molecule has 1 aliphatic heterocycles.